The molecule has 1 amide bonds. The summed E-state index contributed by atoms with van der Waals surface area (Å²) in [5.74, 6) is 1.03. The Morgan fingerprint density at radius 2 is 2.26 bits per heavy atom. The van der Waals surface area contributed by atoms with E-state index in [1.807, 2.05) is 19.4 Å². The number of carbonyl (C=O) groups is 1. The molecule has 0 saturated carbocycles. The minimum absolute atomic E-state index is 0.106. The summed E-state index contributed by atoms with van der Waals surface area (Å²) in [5.41, 5.74) is 1.07. The summed E-state index contributed by atoms with van der Waals surface area (Å²) in [7, 11) is 1.90. The van der Waals surface area contributed by atoms with Crippen LogP contribution in [0.2, 0.25) is 0 Å². The molecule has 19 heavy (non-hydrogen) atoms. The summed E-state index contributed by atoms with van der Waals surface area (Å²) < 4.78 is 0. The van der Waals surface area contributed by atoms with Crippen LogP contribution in [0.1, 0.15) is 18.4 Å². The molecule has 2 aliphatic heterocycles. The van der Waals surface area contributed by atoms with Crippen LogP contribution in [0.4, 0.5) is 5.95 Å². The highest BCUT2D eigenvalue weighted by Gasteiger charge is 2.41. The number of hydrogen-bond donors (Lipinski definition) is 2. The van der Waals surface area contributed by atoms with Gasteiger partial charge < -0.3 is 15.5 Å². The van der Waals surface area contributed by atoms with E-state index in [4.69, 9.17) is 0 Å². The van der Waals surface area contributed by atoms with E-state index in [2.05, 4.69) is 25.5 Å². The summed E-state index contributed by atoms with van der Waals surface area (Å²) >= 11 is 0. The highest BCUT2D eigenvalue weighted by atomic mass is 16.2. The first-order valence-electron chi connectivity index (χ1n) is 6.79. The second kappa shape index (κ2) is 5.13. The van der Waals surface area contributed by atoms with Gasteiger partial charge >= 0.3 is 0 Å². The Bertz CT molecular complexity index is 461. The molecule has 1 aromatic heterocycles. The lowest BCUT2D eigenvalue weighted by molar-refractivity contribution is -0.123. The van der Waals surface area contributed by atoms with Gasteiger partial charge in [-0.2, -0.15) is 0 Å². The second-order valence-corrected chi connectivity index (χ2v) is 5.18. The monoisotopic (exact) mass is 261 g/mol. The molecule has 2 atom stereocenters. The minimum Gasteiger partial charge on any atom is -0.354 e. The number of nitrogens with zero attached hydrogens (tertiary/aromatic N) is 3. The van der Waals surface area contributed by atoms with Crippen molar-refractivity contribution in [2.75, 3.05) is 25.0 Å². The molecule has 0 bridgehead atoms. The lowest BCUT2D eigenvalue weighted by atomic mass is 9.92. The van der Waals surface area contributed by atoms with E-state index in [1.165, 1.54) is 0 Å². The number of piperidine rings is 1. The van der Waals surface area contributed by atoms with Crippen LogP contribution in [0.5, 0.6) is 0 Å². The van der Waals surface area contributed by atoms with Gasteiger partial charge in [-0.25, -0.2) is 9.97 Å². The van der Waals surface area contributed by atoms with Crippen LogP contribution in [-0.4, -0.2) is 42.1 Å². The van der Waals surface area contributed by atoms with Crippen molar-refractivity contribution >= 4 is 11.9 Å². The average Bonchev–Trinajstić information content (AvgIpc) is 2.82. The van der Waals surface area contributed by atoms with Gasteiger partial charge in [0.05, 0.1) is 12.0 Å². The van der Waals surface area contributed by atoms with E-state index in [0.717, 1.165) is 37.4 Å². The summed E-state index contributed by atoms with van der Waals surface area (Å²) in [6.07, 6.45) is 5.71. The van der Waals surface area contributed by atoms with Crippen molar-refractivity contribution in [3.8, 4) is 0 Å². The van der Waals surface area contributed by atoms with Crippen LogP contribution >= 0.6 is 0 Å². The molecule has 2 fully saturated rings. The quantitative estimate of drug-likeness (QED) is 0.796. The number of hydrogen-bond acceptors (Lipinski definition) is 5. The van der Waals surface area contributed by atoms with Crippen molar-refractivity contribution in [2.24, 2.45) is 5.92 Å². The van der Waals surface area contributed by atoms with E-state index in [1.54, 1.807) is 0 Å². The number of rotatable bonds is 3. The highest BCUT2D eigenvalue weighted by Crippen LogP contribution is 2.29. The number of anilines is 1. The summed E-state index contributed by atoms with van der Waals surface area (Å²) in [6, 6.07) is 0.219. The zero-order valence-electron chi connectivity index (χ0n) is 11.1. The Morgan fingerprint density at radius 1 is 1.47 bits per heavy atom. The normalized spacial score (nSPS) is 26.2. The Hall–Kier alpha value is -1.69. The van der Waals surface area contributed by atoms with Crippen molar-refractivity contribution in [3.05, 3.63) is 18.0 Å². The molecule has 6 nitrogen and oxygen atoms in total. The third-order valence-corrected chi connectivity index (χ3v) is 3.93. The van der Waals surface area contributed by atoms with E-state index in [9.17, 15) is 4.79 Å². The molecule has 0 spiro atoms. The zero-order chi connectivity index (χ0) is 13.2. The fourth-order valence-electron chi connectivity index (χ4n) is 2.99. The first kappa shape index (κ1) is 12.3. The third-order valence-electron chi connectivity index (χ3n) is 3.93. The van der Waals surface area contributed by atoms with Gasteiger partial charge in [-0.1, -0.05) is 0 Å². The van der Waals surface area contributed by atoms with Gasteiger partial charge in [0.2, 0.25) is 11.9 Å². The maximum Gasteiger partial charge on any atom is 0.225 e. The van der Waals surface area contributed by atoms with Crippen LogP contribution in [0.3, 0.4) is 0 Å². The minimum atomic E-state index is 0.106. The number of amides is 1. The fourth-order valence-corrected chi connectivity index (χ4v) is 2.99. The summed E-state index contributed by atoms with van der Waals surface area (Å²) in [4.78, 5) is 22.8. The maximum absolute atomic E-state index is 11.7. The van der Waals surface area contributed by atoms with Gasteiger partial charge in [0.1, 0.15) is 0 Å². The molecule has 0 aromatic carbocycles. The lowest BCUT2D eigenvalue weighted by Crippen LogP contribution is -2.46. The van der Waals surface area contributed by atoms with E-state index in [-0.39, 0.29) is 17.9 Å². The van der Waals surface area contributed by atoms with E-state index >= 15 is 0 Å². The van der Waals surface area contributed by atoms with Gasteiger partial charge in [-0.3, -0.25) is 4.79 Å². The predicted molar refractivity (Wildman–Crippen MR) is 71.7 cm³/mol. The van der Waals surface area contributed by atoms with Gasteiger partial charge in [0, 0.05) is 37.6 Å². The third kappa shape index (κ3) is 2.28. The Balaban J connectivity index is 1.79. The largest absolute Gasteiger partial charge is 0.354 e. The van der Waals surface area contributed by atoms with Crippen molar-refractivity contribution < 1.29 is 4.79 Å². The SMILES string of the molecule is CNCc1cnc(N2CCCC3C(=O)NCC32)nc1. The highest BCUT2D eigenvalue weighted by molar-refractivity contribution is 5.82. The Kier molecular flexibility index (Phi) is 3.33. The number of aromatic nitrogens is 2. The first-order valence-corrected chi connectivity index (χ1v) is 6.79. The van der Waals surface area contributed by atoms with Gasteiger partial charge in [0.25, 0.3) is 0 Å². The molecule has 6 heteroatoms. The lowest BCUT2D eigenvalue weighted by Gasteiger charge is -2.35. The first-order chi connectivity index (χ1) is 9.29. The number of fused-ring (bicyclic) bond motifs is 1. The topological polar surface area (TPSA) is 70.2 Å². The molecule has 1 aromatic rings. The van der Waals surface area contributed by atoms with Crippen LogP contribution in [-0.2, 0) is 11.3 Å². The Morgan fingerprint density at radius 3 is 3.00 bits per heavy atom. The maximum atomic E-state index is 11.7. The van der Waals surface area contributed by atoms with Crippen molar-refractivity contribution in [3.63, 3.8) is 0 Å². The predicted octanol–water partition coefficient (Wildman–Crippen LogP) is -0.0892. The van der Waals surface area contributed by atoms with Crippen LogP contribution in [0.25, 0.3) is 0 Å². The molecular weight excluding hydrogens is 242 g/mol. The van der Waals surface area contributed by atoms with Crippen molar-refractivity contribution in [1.82, 2.24) is 20.6 Å². The molecule has 2 unspecified atom stereocenters. The molecule has 0 radical (unpaired) electrons. The van der Waals surface area contributed by atoms with Crippen molar-refractivity contribution in [1.29, 1.82) is 0 Å². The molecule has 2 saturated heterocycles. The molecule has 0 aliphatic carbocycles. The fraction of sp³-hybridized carbons (Fsp3) is 0.615. The van der Waals surface area contributed by atoms with E-state index < -0.39 is 0 Å². The molecule has 3 rings (SSSR count). The van der Waals surface area contributed by atoms with Crippen LogP contribution < -0.4 is 15.5 Å². The molecule has 2 N–H and O–H groups in total. The molecular formula is C13H19N5O. The summed E-state index contributed by atoms with van der Waals surface area (Å²) in [5, 5.41) is 6.02. The Labute approximate surface area is 112 Å². The van der Waals surface area contributed by atoms with Gasteiger partial charge in [-0.05, 0) is 19.9 Å². The standard InChI is InChI=1S/C13H19N5O/c1-14-5-9-6-16-13(17-7-9)18-4-2-3-10-11(18)8-15-12(10)19/h6-7,10-11,14H,2-5,8H2,1H3,(H,15,19). The molecule has 102 valence electrons. The van der Waals surface area contributed by atoms with E-state index in [0.29, 0.717) is 6.54 Å². The molecule has 3 heterocycles. The van der Waals surface area contributed by atoms with Gasteiger partial charge in [-0.15, -0.1) is 0 Å². The average molecular weight is 261 g/mol. The summed E-state index contributed by atoms with van der Waals surface area (Å²) in [6.45, 7) is 2.42. The van der Waals surface area contributed by atoms with Crippen LogP contribution in [0.15, 0.2) is 12.4 Å². The second-order valence-electron chi connectivity index (χ2n) is 5.18. The van der Waals surface area contributed by atoms with Gasteiger partial charge in [0.15, 0.2) is 0 Å². The number of carbonyl (C=O) groups excluding carboxylic acids is 1. The van der Waals surface area contributed by atoms with Crippen molar-refractivity contribution in [2.45, 2.75) is 25.4 Å². The smallest absolute Gasteiger partial charge is 0.225 e. The van der Waals surface area contributed by atoms with Crippen LogP contribution in [0, 0.1) is 5.92 Å². The number of nitrogens with one attached hydrogen (secondary N) is 2. The zero-order valence-corrected chi connectivity index (χ0v) is 11.1. The molecule has 2 aliphatic rings.